The van der Waals surface area contributed by atoms with Crippen LogP contribution in [0.3, 0.4) is 0 Å². The Balaban J connectivity index is 2.14. The Hall–Kier alpha value is -1.95. The van der Waals surface area contributed by atoms with Gasteiger partial charge < -0.3 is 4.52 Å². The van der Waals surface area contributed by atoms with Crippen molar-refractivity contribution in [1.29, 1.82) is 0 Å². The number of hydrogen-bond acceptors (Lipinski definition) is 5. The maximum absolute atomic E-state index is 12.4. The summed E-state index contributed by atoms with van der Waals surface area (Å²) in [5, 5.41) is 3.49. The molecular formula is C14H13NO4S. The van der Waals surface area contributed by atoms with Crippen molar-refractivity contribution in [1.82, 2.24) is 5.16 Å². The second-order valence-electron chi connectivity index (χ2n) is 5.04. The Morgan fingerprint density at radius 3 is 2.65 bits per heavy atom. The molecule has 1 fully saturated rings. The third-order valence-corrected chi connectivity index (χ3v) is 4.55. The molecule has 5 nitrogen and oxygen atoms in total. The van der Waals surface area contributed by atoms with Gasteiger partial charge in [0.05, 0.1) is 16.7 Å². The highest BCUT2D eigenvalue weighted by Crippen LogP contribution is 2.41. The summed E-state index contributed by atoms with van der Waals surface area (Å²) in [6.45, 7) is 0. The number of carbonyl (C=O) groups is 1. The van der Waals surface area contributed by atoms with Gasteiger partial charge in [0.25, 0.3) is 0 Å². The number of aromatic nitrogens is 1. The number of hydrogen-bond donors (Lipinski definition) is 0. The quantitative estimate of drug-likeness (QED) is 0.807. The monoisotopic (exact) mass is 291 g/mol. The molecule has 0 atom stereocenters. The molecule has 0 bridgehead atoms. The second-order valence-corrected chi connectivity index (χ2v) is 7.03. The fourth-order valence-electron chi connectivity index (χ4n) is 2.19. The number of ketones is 1. The van der Waals surface area contributed by atoms with Crippen LogP contribution in [0.5, 0.6) is 0 Å². The highest BCUT2D eigenvalue weighted by atomic mass is 32.2. The van der Waals surface area contributed by atoms with E-state index in [9.17, 15) is 13.2 Å². The number of nitrogens with zero attached hydrogens (tertiary/aromatic N) is 1. The Morgan fingerprint density at radius 1 is 1.35 bits per heavy atom. The normalized spacial score (nSPS) is 15.2. The number of rotatable bonds is 4. The molecule has 0 saturated heterocycles. The molecule has 1 heterocycles. The minimum atomic E-state index is -3.46. The molecule has 2 aromatic rings. The van der Waals surface area contributed by atoms with Crippen molar-refractivity contribution in [2.75, 3.05) is 6.26 Å². The van der Waals surface area contributed by atoms with E-state index >= 15 is 0 Å². The number of carbonyl (C=O) groups excluding carboxylic acids is 1. The summed E-state index contributed by atoms with van der Waals surface area (Å²) in [5.74, 6) is 0.0619. The van der Waals surface area contributed by atoms with Crippen LogP contribution in [0.4, 0.5) is 0 Å². The summed E-state index contributed by atoms with van der Waals surface area (Å²) >= 11 is 0. The lowest BCUT2D eigenvalue weighted by atomic mass is 10.0. The van der Waals surface area contributed by atoms with Gasteiger partial charge in [-0.15, -0.1) is 0 Å². The van der Waals surface area contributed by atoms with Gasteiger partial charge in [-0.2, -0.15) is 0 Å². The summed E-state index contributed by atoms with van der Waals surface area (Å²) in [6.07, 6.45) is 5.78. The zero-order valence-corrected chi connectivity index (χ0v) is 11.7. The molecule has 104 valence electrons. The van der Waals surface area contributed by atoms with Gasteiger partial charge in [-0.1, -0.05) is 11.2 Å². The van der Waals surface area contributed by atoms with E-state index in [0.717, 1.165) is 24.7 Å². The van der Waals surface area contributed by atoms with Crippen LogP contribution in [0, 0.1) is 0 Å². The van der Waals surface area contributed by atoms with Crippen LogP contribution in [0.25, 0.3) is 0 Å². The van der Waals surface area contributed by atoms with Gasteiger partial charge in [-0.25, -0.2) is 8.42 Å². The van der Waals surface area contributed by atoms with Crippen LogP contribution in [-0.2, 0) is 9.84 Å². The van der Waals surface area contributed by atoms with E-state index in [1.54, 1.807) is 12.1 Å². The fourth-order valence-corrected chi connectivity index (χ4v) is 3.06. The molecule has 0 unspecified atom stereocenters. The van der Waals surface area contributed by atoms with Gasteiger partial charge in [0.1, 0.15) is 6.26 Å². The summed E-state index contributed by atoms with van der Waals surface area (Å²) in [4.78, 5) is 12.5. The van der Waals surface area contributed by atoms with E-state index in [-0.39, 0.29) is 21.8 Å². The standard InChI is InChI=1S/C14H13NO4S/c1-20(17,18)13-5-4-10(9-2-3-9)6-12(13)14(16)11-7-15-19-8-11/h4-9H,2-3H2,1H3. The molecule has 20 heavy (non-hydrogen) atoms. The molecule has 1 aromatic heterocycles. The molecule has 0 aliphatic heterocycles. The van der Waals surface area contributed by atoms with Crippen LogP contribution in [0.1, 0.15) is 40.2 Å². The van der Waals surface area contributed by atoms with Crippen molar-refractivity contribution in [3.8, 4) is 0 Å². The zero-order chi connectivity index (χ0) is 14.3. The Morgan fingerprint density at radius 2 is 2.10 bits per heavy atom. The third kappa shape index (κ3) is 2.38. The summed E-state index contributed by atoms with van der Waals surface area (Å²) < 4.78 is 28.3. The number of sulfone groups is 1. The Labute approximate surface area is 116 Å². The van der Waals surface area contributed by atoms with E-state index in [1.807, 2.05) is 0 Å². The molecule has 0 spiro atoms. The molecular weight excluding hydrogens is 278 g/mol. The third-order valence-electron chi connectivity index (χ3n) is 3.39. The van der Waals surface area contributed by atoms with Crippen LogP contribution < -0.4 is 0 Å². The fraction of sp³-hybridized carbons (Fsp3) is 0.286. The van der Waals surface area contributed by atoms with Gasteiger partial charge >= 0.3 is 0 Å². The lowest BCUT2D eigenvalue weighted by Gasteiger charge is -2.08. The zero-order valence-electron chi connectivity index (χ0n) is 10.9. The van der Waals surface area contributed by atoms with Gasteiger partial charge in [-0.3, -0.25) is 4.79 Å². The molecule has 3 rings (SSSR count). The summed E-state index contributed by atoms with van der Waals surface area (Å²) in [6, 6.07) is 4.99. The molecule has 1 aliphatic carbocycles. The van der Waals surface area contributed by atoms with Crippen LogP contribution in [-0.4, -0.2) is 25.6 Å². The van der Waals surface area contributed by atoms with E-state index < -0.39 is 9.84 Å². The lowest BCUT2D eigenvalue weighted by molar-refractivity contribution is 0.103. The van der Waals surface area contributed by atoms with E-state index in [4.69, 9.17) is 0 Å². The van der Waals surface area contributed by atoms with Crippen LogP contribution >= 0.6 is 0 Å². The Kier molecular flexibility index (Phi) is 2.97. The highest BCUT2D eigenvalue weighted by molar-refractivity contribution is 7.90. The SMILES string of the molecule is CS(=O)(=O)c1ccc(C2CC2)cc1C(=O)c1cnoc1. The van der Waals surface area contributed by atoms with Gasteiger partial charge in [0.15, 0.2) is 15.6 Å². The van der Waals surface area contributed by atoms with Crippen molar-refractivity contribution in [2.24, 2.45) is 0 Å². The lowest BCUT2D eigenvalue weighted by Crippen LogP contribution is -2.09. The first-order valence-corrected chi connectivity index (χ1v) is 8.14. The molecule has 0 N–H and O–H groups in total. The van der Waals surface area contributed by atoms with Crippen molar-refractivity contribution in [2.45, 2.75) is 23.7 Å². The van der Waals surface area contributed by atoms with Crippen molar-refractivity contribution < 1.29 is 17.7 Å². The first-order valence-electron chi connectivity index (χ1n) is 6.25. The number of benzene rings is 1. The van der Waals surface area contributed by atoms with Crippen molar-refractivity contribution >= 4 is 15.6 Å². The molecule has 1 aliphatic rings. The minimum absolute atomic E-state index is 0.0492. The maximum Gasteiger partial charge on any atom is 0.199 e. The van der Waals surface area contributed by atoms with Gasteiger partial charge in [0, 0.05) is 11.8 Å². The van der Waals surface area contributed by atoms with Crippen molar-refractivity contribution in [3.63, 3.8) is 0 Å². The predicted octanol–water partition coefficient (Wildman–Crippen LogP) is 2.19. The van der Waals surface area contributed by atoms with E-state index in [1.165, 1.54) is 18.5 Å². The summed E-state index contributed by atoms with van der Waals surface area (Å²) in [5.41, 5.74) is 1.46. The summed E-state index contributed by atoms with van der Waals surface area (Å²) in [7, 11) is -3.46. The maximum atomic E-state index is 12.4. The molecule has 0 amide bonds. The molecule has 1 aromatic carbocycles. The average Bonchev–Trinajstić information content (AvgIpc) is 3.11. The van der Waals surface area contributed by atoms with Crippen LogP contribution in [0.15, 0.2) is 40.1 Å². The predicted molar refractivity (Wildman–Crippen MR) is 71.5 cm³/mol. The topological polar surface area (TPSA) is 77.2 Å². The van der Waals surface area contributed by atoms with E-state index in [2.05, 4.69) is 9.68 Å². The Bertz CT molecular complexity index is 758. The minimum Gasteiger partial charge on any atom is -0.364 e. The molecule has 0 radical (unpaired) electrons. The first-order chi connectivity index (χ1) is 9.47. The van der Waals surface area contributed by atoms with Gasteiger partial charge in [-0.05, 0) is 36.5 Å². The largest absolute Gasteiger partial charge is 0.364 e. The molecule has 1 saturated carbocycles. The average molecular weight is 291 g/mol. The highest BCUT2D eigenvalue weighted by Gasteiger charge is 2.27. The van der Waals surface area contributed by atoms with Crippen molar-refractivity contribution in [3.05, 3.63) is 47.3 Å². The van der Waals surface area contributed by atoms with E-state index in [0.29, 0.717) is 5.92 Å². The molecule has 6 heteroatoms. The van der Waals surface area contributed by atoms with Gasteiger partial charge in [0.2, 0.25) is 0 Å². The first kappa shape index (κ1) is 13.1. The second kappa shape index (κ2) is 4.56. The van der Waals surface area contributed by atoms with Crippen LogP contribution in [0.2, 0.25) is 0 Å². The smallest absolute Gasteiger partial charge is 0.199 e.